The first-order valence-corrected chi connectivity index (χ1v) is 8.91. The second-order valence-corrected chi connectivity index (χ2v) is 6.62. The van der Waals surface area contributed by atoms with Gasteiger partial charge in [0.1, 0.15) is 5.75 Å². The van der Waals surface area contributed by atoms with Crippen LogP contribution in [0.1, 0.15) is 19.4 Å². The van der Waals surface area contributed by atoms with Crippen LogP contribution in [-0.2, 0) is 13.6 Å². The summed E-state index contributed by atoms with van der Waals surface area (Å²) in [5.41, 5.74) is 10.2. The number of rotatable bonds is 6. The number of hydrogen-bond donors (Lipinski definition) is 2. The zero-order valence-electron chi connectivity index (χ0n) is 15.9. The van der Waals surface area contributed by atoms with Crippen LogP contribution < -0.4 is 15.8 Å². The maximum absolute atomic E-state index is 6.02. The lowest BCUT2D eigenvalue weighted by Crippen LogP contribution is -2.22. The fourth-order valence-corrected chi connectivity index (χ4v) is 2.67. The Morgan fingerprint density at radius 1 is 1.19 bits per heavy atom. The van der Waals surface area contributed by atoms with Crippen molar-refractivity contribution in [3.05, 3.63) is 66.5 Å². The summed E-state index contributed by atoms with van der Waals surface area (Å²) < 4.78 is 7.42. The van der Waals surface area contributed by atoms with Crippen LogP contribution in [0.15, 0.2) is 65.9 Å². The lowest BCUT2D eigenvalue weighted by atomic mass is 10.1. The average molecular weight is 363 g/mol. The van der Waals surface area contributed by atoms with Crippen molar-refractivity contribution in [3.63, 3.8) is 0 Å². The molecule has 27 heavy (non-hydrogen) atoms. The molecule has 0 saturated carbocycles. The number of ether oxygens (including phenoxy) is 1. The Balaban J connectivity index is 1.62. The van der Waals surface area contributed by atoms with E-state index in [-0.39, 0.29) is 6.10 Å². The third-order valence-electron chi connectivity index (χ3n) is 3.90. The third kappa shape index (κ3) is 5.34. The van der Waals surface area contributed by atoms with Gasteiger partial charge in [-0.2, -0.15) is 5.10 Å². The molecule has 6 heteroatoms. The van der Waals surface area contributed by atoms with Crippen molar-refractivity contribution < 1.29 is 4.74 Å². The van der Waals surface area contributed by atoms with Gasteiger partial charge in [-0.05, 0) is 55.3 Å². The molecule has 2 aromatic carbocycles. The minimum atomic E-state index is 0.151. The van der Waals surface area contributed by atoms with Crippen LogP contribution in [0.4, 0.5) is 5.69 Å². The van der Waals surface area contributed by atoms with Gasteiger partial charge in [-0.25, -0.2) is 4.99 Å². The number of guanidine groups is 1. The van der Waals surface area contributed by atoms with Crippen LogP contribution in [0.25, 0.3) is 11.1 Å². The predicted molar refractivity (Wildman–Crippen MR) is 110 cm³/mol. The monoisotopic (exact) mass is 363 g/mol. The molecule has 0 saturated heterocycles. The van der Waals surface area contributed by atoms with Crippen molar-refractivity contribution >= 4 is 11.6 Å². The molecule has 3 aromatic rings. The Bertz CT molecular complexity index is 912. The van der Waals surface area contributed by atoms with Gasteiger partial charge >= 0.3 is 0 Å². The summed E-state index contributed by atoms with van der Waals surface area (Å²) in [5, 5.41) is 7.32. The molecule has 1 heterocycles. The molecule has 0 radical (unpaired) electrons. The quantitative estimate of drug-likeness (QED) is 0.516. The van der Waals surface area contributed by atoms with E-state index in [9.17, 15) is 0 Å². The highest BCUT2D eigenvalue weighted by molar-refractivity contribution is 5.92. The lowest BCUT2D eigenvalue weighted by molar-refractivity contribution is 0.242. The molecule has 3 rings (SSSR count). The predicted octanol–water partition coefficient (Wildman–Crippen LogP) is 3.80. The number of nitrogens with zero attached hydrogens (tertiary/aromatic N) is 3. The van der Waals surface area contributed by atoms with Gasteiger partial charge in [0.2, 0.25) is 0 Å². The Labute approximate surface area is 159 Å². The summed E-state index contributed by atoms with van der Waals surface area (Å²) in [6.07, 6.45) is 3.99. The summed E-state index contributed by atoms with van der Waals surface area (Å²) in [4.78, 5) is 4.43. The largest absolute Gasteiger partial charge is 0.491 e. The number of nitrogens with one attached hydrogen (secondary N) is 1. The van der Waals surface area contributed by atoms with Gasteiger partial charge in [0.15, 0.2) is 5.96 Å². The van der Waals surface area contributed by atoms with Crippen molar-refractivity contribution in [3.8, 4) is 16.9 Å². The molecule has 1 aromatic heterocycles. The van der Waals surface area contributed by atoms with Crippen LogP contribution in [0.3, 0.4) is 0 Å². The molecule has 0 aliphatic carbocycles. The van der Waals surface area contributed by atoms with Crippen molar-refractivity contribution in [2.45, 2.75) is 26.5 Å². The van der Waals surface area contributed by atoms with Crippen molar-refractivity contribution in [2.75, 3.05) is 5.32 Å². The molecular weight excluding hydrogens is 338 g/mol. The summed E-state index contributed by atoms with van der Waals surface area (Å²) in [5.74, 6) is 1.21. The number of aliphatic imine (C=N–C) groups is 1. The van der Waals surface area contributed by atoms with Crippen molar-refractivity contribution in [2.24, 2.45) is 17.8 Å². The first-order chi connectivity index (χ1) is 13.0. The number of aryl methyl sites for hydroxylation is 1. The summed E-state index contributed by atoms with van der Waals surface area (Å²) >= 11 is 0. The molecule has 0 unspecified atom stereocenters. The fraction of sp³-hybridized carbons (Fsp3) is 0.238. The number of anilines is 1. The third-order valence-corrected chi connectivity index (χ3v) is 3.90. The molecule has 0 aliphatic rings. The minimum Gasteiger partial charge on any atom is -0.491 e. The van der Waals surface area contributed by atoms with Crippen LogP contribution in [0.2, 0.25) is 0 Å². The molecule has 0 bridgehead atoms. The van der Waals surface area contributed by atoms with Gasteiger partial charge in [0, 0.05) is 24.5 Å². The van der Waals surface area contributed by atoms with Gasteiger partial charge in [0.05, 0.1) is 18.8 Å². The van der Waals surface area contributed by atoms with E-state index in [1.54, 1.807) is 4.68 Å². The van der Waals surface area contributed by atoms with E-state index < -0.39 is 0 Å². The number of aromatic nitrogens is 2. The molecule has 0 atom stereocenters. The van der Waals surface area contributed by atoms with E-state index in [0.717, 1.165) is 28.1 Å². The minimum absolute atomic E-state index is 0.151. The van der Waals surface area contributed by atoms with Crippen molar-refractivity contribution in [1.82, 2.24) is 9.78 Å². The molecular formula is C21H25N5O. The van der Waals surface area contributed by atoms with E-state index in [0.29, 0.717) is 12.5 Å². The summed E-state index contributed by atoms with van der Waals surface area (Å²) in [6.45, 7) is 4.50. The van der Waals surface area contributed by atoms with Crippen LogP contribution >= 0.6 is 0 Å². The van der Waals surface area contributed by atoms with E-state index in [1.807, 2.05) is 69.7 Å². The van der Waals surface area contributed by atoms with Crippen molar-refractivity contribution in [1.29, 1.82) is 0 Å². The molecule has 3 N–H and O–H groups in total. The normalized spacial score (nSPS) is 11.6. The van der Waals surface area contributed by atoms with Gasteiger partial charge < -0.3 is 15.8 Å². The Morgan fingerprint density at radius 2 is 1.96 bits per heavy atom. The molecule has 140 valence electrons. The maximum Gasteiger partial charge on any atom is 0.193 e. The van der Waals surface area contributed by atoms with Gasteiger partial charge in [-0.1, -0.05) is 18.2 Å². The van der Waals surface area contributed by atoms with Crippen LogP contribution in [-0.4, -0.2) is 21.8 Å². The highest BCUT2D eigenvalue weighted by Crippen LogP contribution is 2.20. The van der Waals surface area contributed by atoms with Gasteiger partial charge in [0.25, 0.3) is 0 Å². The Hall–Kier alpha value is -3.28. The molecule has 0 fully saturated rings. The van der Waals surface area contributed by atoms with E-state index in [4.69, 9.17) is 10.5 Å². The van der Waals surface area contributed by atoms with E-state index in [2.05, 4.69) is 27.5 Å². The fourth-order valence-electron chi connectivity index (χ4n) is 2.67. The topological polar surface area (TPSA) is 77.5 Å². The Kier molecular flexibility index (Phi) is 5.76. The summed E-state index contributed by atoms with van der Waals surface area (Å²) in [7, 11) is 1.91. The lowest BCUT2D eigenvalue weighted by Gasteiger charge is -2.11. The standard InChI is InChI=1S/C21H25N5O/c1-15(2)27-20-9-7-19(8-10-20)25-21(22)23-12-16-5-4-6-17(11-16)18-13-24-26(3)14-18/h4-11,13-15H,12H2,1-3H3,(H3,22,23,25). The highest BCUT2D eigenvalue weighted by Gasteiger charge is 2.02. The van der Waals surface area contributed by atoms with Gasteiger partial charge in [-0.3, -0.25) is 4.68 Å². The molecule has 0 aliphatic heterocycles. The van der Waals surface area contributed by atoms with Crippen LogP contribution in [0, 0.1) is 0 Å². The number of benzene rings is 2. The average Bonchev–Trinajstić information content (AvgIpc) is 3.08. The number of hydrogen-bond acceptors (Lipinski definition) is 3. The maximum atomic E-state index is 6.02. The highest BCUT2D eigenvalue weighted by atomic mass is 16.5. The SMILES string of the molecule is CC(C)Oc1ccc(NC(N)=NCc2cccc(-c3cnn(C)c3)c2)cc1. The van der Waals surface area contributed by atoms with Gasteiger partial charge in [-0.15, -0.1) is 0 Å². The molecule has 0 amide bonds. The zero-order chi connectivity index (χ0) is 19.2. The van der Waals surface area contributed by atoms with E-state index >= 15 is 0 Å². The van der Waals surface area contributed by atoms with E-state index in [1.165, 1.54) is 0 Å². The van der Waals surface area contributed by atoms with Crippen LogP contribution in [0.5, 0.6) is 5.75 Å². The first-order valence-electron chi connectivity index (χ1n) is 8.91. The molecule has 6 nitrogen and oxygen atoms in total. The second-order valence-electron chi connectivity index (χ2n) is 6.62. The smallest absolute Gasteiger partial charge is 0.193 e. The molecule has 0 spiro atoms. The first kappa shape index (κ1) is 18.5. The summed E-state index contributed by atoms with van der Waals surface area (Å²) in [6, 6.07) is 15.9. The zero-order valence-corrected chi connectivity index (χ0v) is 15.9. The second kappa shape index (κ2) is 8.40. The number of nitrogens with two attached hydrogens (primary N) is 1. The Morgan fingerprint density at radius 3 is 2.63 bits per heavy atom.